The van der Waals surface area contributed by atoms with E-state index in [9.17, 15) is 13.2 Å². The van der Waals surface area contributed by atoms with E-state index < -0.39 is 16.0 Å². The standard InChI is InChI=1S/C10H14N2O4S2/c1-16-10(13)9-4-8(6-17-9)18(14,15)12-7-2-3-11-5-7/h4,6-7,11-12H,2-3,5H2,1H3. The smallest absolute Gasteiger partial charge is 0.348 e. The van der Waals surface area contributed by atoms with E-state index in [4.69, 9.17) is 0 Å². The highest BCUT2D eigenvalue weighted by Crippen LogP contribution is 2.20. The minimum absolute atomic E-state index is 0.0866. The summed E-state index contributed by atoms with van der Waals surface area (Å²) < 4.78 is 31.2. The Bertz CT molecular complexity index is 532. The lowest BCUT2D eigenvalue weighted by molar-refractivity contribution is 0.0606. The van der Waals surface area contributed by atoms with Crippen LogP contribution in [0.4, 0.5) is 0 Å². The van der Waals surface area contributed by atoms with Gasteiger partial charge in [-0.25, -0.2) is 17.9 Å². The number of carbonyl (C=O) groups excluding carboxylic acids is 1. The maximum atomic E-state index is 12.0. The summed E-state index contributed by atoms with van der Waals surface area (Å²) >= 11 is 1.06. The molecule has 1 unspecified atom stereocenters. The largest absolute Gasteiger partial charge is 0.465 e. The van der Waals surface area contributed by atoms with Crippen LogP contribution in [0.3, 0.4) is 0 Å². The fourth-order valence-electron chi connectivity index (χ4n) is 1.71. The molecular formula is C10H14N2O4S2. The Balaban J connectivity index is 2.14. The van der Waals surface area contributed by atoms with Gasteiger partial charge in [-0.05, 0) is 19.0 Å². The Labute approximate surface area is 109 Å². The van der Waals surface area contributed by atoms with Crippen molar-refractivity contribution >= 4 is 27.3 Å². The highest BCUT2D eigenvalue weighted by atomic mass is 32.2. The summed E-state index contributed by atoms with van der Waals surface area (Å²) in [4.78, 5) is 11.7. The quantitative estimate of drug-likeness (QED) is 0.773. The monoisotopic (exact) mass is 290 g/mol. The van der Waals surface area contributed by atoms with Gasteiger partial charge in [-0.3, -0.25) is 0 Å². The molecular weight excluding hydrogens is 276 g/mol. The first-order chi connectivity index (χ1) is 8.53. The zero-order chi connectivity index (χ0) is 13.2. The number of rotatable bonds is 4. The van der Waals surface area contributed by atoms with Crippen LogP contribution >= 0.6 is 11.3 Å². The second kappa shape index (κ2) is 5.35. The predicted molar refractivity (Wildman–Crippen MR) is 67.3 cm³/mol. The van der Waals surface area contributed by atoms with Gasteiger partial charge in [-0.15, -0.1) is 11.3 Å². The molecule has 2 heterocycles. The van der Waals surface area contributed by atoms with E-state index in [2.05, 4.69) is 14.8 Å². The summed E-state index contributed by atoms with van der Waals surface area (Å²) in [6.07, 6.45) is 0.771. The Morgan fingerprint density at radius 1 is 1.61 bits per heavy atom. The molecule has 0 radical (unpaired) electrons. The second-order valence-corrected chi connectivity index (χ2v) is 6.57. The van der Waals surface area contributed by atoms with E-state index in [0.29, 0.717) is 6.54 Å². The van der Waals surface area contributed by atoms with Crippen LogP contribution in [0.25, 0.3) is 0 Å². The van der Waals surface area contributed by atoms with Crippen LogP contribution < -0.4 is 10.0 Å². The fraction of sp³-hybridized carbons (Fsp3) is 0.500. The van der Waals surface area contributed by atoms with Crippen LogP contribution in [0.15, 0.2) is 16.3 Å². The fourth-order valence-corrected chi connectivity index (χ4v) is 4.17. The molecule has 0 spiro atoms. The highest BCUT2D eigenvalue weighted by molar-refractivity contribution is 7.89. The van der Waals surface area contributed by atoms with Crippen LogP contribution in [0, 0.1) is 0 Å². The molecule has 1 atom stereocenters. The lowest BCUT2D eigenvalue weighted by Gasteiger charge is -2.10. The maximum Gasteiger partial charge on any atom is 0.348 e. The Kier molecular flexibility index (Phi) is 4.00. The van der Waals surface area contributed by atoms with E-state index in [0.717, 1.165) is 24.3 Å². The van der Waals surface area contributed by atoms with Crippen molar-refractivity contribution in [3.05, 3.63) is 16.3 Å². The van der Waals surface area contributed by atoms with Crippen molar-refractivity contribution in [1.29, 1.82) is 0 Å². The Hall–Kier alpha value is -0.960. The van der Waals surface area contributed by atoms with E-state index in [1.807, 2.05) is 0 Å². The molecule has 100 valence electrons. The first-order valence-corrected chi connectivity index (χ1v) is 7.79. The van der Waals surface area contributed by atoms with Crippen molar-refractivity contribution in [3.63, 3.8) is 0 Å². The number of hydrogen-bond donors (Lipinski definition) is 2. The third kappa shape index (κ3) is 2.89. The maximum absolute atomic E-state index is 12.0. The molecule has 0 bridgehead atoms. The summed E-state index contributed by atoms with van der Waals surface area (Å²) in [5.41, 5.74) is 0. The summed E-state index contributed by atoms with van der Waals surface area (Å²) in [5, 5.41) is 4.52. The van der Waals surface area contributed by atoms with Crippen molar-refractivity contribution < 1.29 is 17.9 Å². The van der Waals surface area contributed by atoms with Gasteiger partial charge in [0.05, 0.1) is 12.0 Å². The van der Waals surface area contributed by atoms with E-state index >= 15 is 0 Å². The molecule has 6 nitrogen and oxygen atoms in total. The number of sulfonamides is 1. The van der Waals surface area contributed by atoms with Gasteiger partial charge in [0.1, 0.15) is 4.88 Å². The van der Waals surface area contributed by atoms with Crippen LogP contribution in [0.5, 0.6) is 0 Å². The molecule has 1 saturated heterocycles. The highest BCUT2D eigenvalue weighted by Gasteiger charge is 2.24. The number of nitrogens with one attached hydrogen (secondary N) is 2. The van der Waals surface area contributed by atoms with Gasteiger partial charge >= 0.3 is 5.97 Å². The van der Waals surface area contributed by atoms with Gasteiger partial charge < -0.3 is 10.1 Å². The zero-order valence-corrected chi connectivity index (χ0v) is 11.4. The zero-order valence-electron chi connectivity index (χ0n) is 9.80. The molecule has 0 amide bonds. The predicted octanol–water partition coefficient (Wildman–Crippen LogP) is 0.175. The molecule has 18 heavy (non-hydrogen) atoms. The summed E-state index contributed by atoms with van der Waals surface area (Å²) in [6.45, 7) is 1.44. The van der Waals surface area contributed by atoms with Gasteiger partial charge in [-0.2, -0.15) is 0 Å². The molecule has 1 aromatic heterocycles. The van der Waals surface area contributed by atoms with Gasteiger partial charge in [0.15, 0.2) is 0 Å². The molecule has 1 fully saturated rings. The van der Waals surface area contributed by atoms with E-state index in [1.165, 1.54) is 18.6 Å². The van der Waals surface area contributed by atoms with E-state index in [-0.39, 0.29) is 15.8 Å². The lowest BCUT2D eigenvalue weighted by atomic mass is 10.3. The molecule has 2 rings (SSSR count). The second-order valence-electron chi connectivity index (χ2n) is 3.95. The number of methoxy groups -OCH3 is 1. The van der Waals surface area contributed by atoms with Crippen LogP contribution in [-0.2, 0) is 14.8 Å². The average molecular weight is 290 g/mol. The molecule has 0 saturated carbocycles. The van der Waals surface area contributed by atoms with Gasteiger partial charge in [-0.1, -0.05) is 0 Å². The van der Waals surface area contributed by atoms with E-state index in [1.54, 1.807) is 0 Å². The van der Waals surface area contributed by atoms with Crippen molar-refractivity contribution in [3.8, 4) is 0 Å². The van der Waals surface area contributed by atoms with Crippen molar-refractivity contribution in [1.82, 2.24) is 10.0 Å². The number of esters is 1. The van der Waals surface area contributed by atoms with Crippen LogP contribution in [-0.4, -0.2) is 40.6 Å². The third-order valence-corrected chi connectivity index (χ3v) is 5.21. The number of hydrogen-bond acceptors (Lipinski definition) is 6. The molecule has 1 aromatic rings. The minimum Gasteiger partial charge on any atom is -0.465 e. The van der Waals surface area contributed by atoms with Gasteiger partial charge in [0.2, 0.25) is 10.0 Å². The summed E-state index contributed by atoms with van der Waals surface area (Å²) in [7, 11) is -2.29. The molecule has 1 aliphatic rings. The topological polar surface area (TPSA) is 84.5 Å². The number of ether oxygens (including phenoxy) is 1. The molecule has 2 N–H and O–H groups in total. The van der Waals surface area contributed by atoms with Gasteiger partial charge in [0.25, 0.3) is 0 Å². The normalized spacial score (nSPS) is 19.9. The summed E-state index contributed by atoms with van der Waals surface area (Å²) in [6, 6.07) is 1.25. The Morgan fingerprint density at radius 2 is 2.39 bits per heavy atom. The van der Waals surface area contributed by atoms with Crippen LogP contribution in [0.1, 0.15) is 16.1 Å². The minimum atomic E-state index is -3.55. The summed E-state index contributed by atoms with van der Waals surface area (Å²) in [5.74, 6) is -0.524. The van der Waals surface area contributed by atoms with Crippen molar-refractivity contribution in [2.75, 3.05) is 20.2 Å². The average Bonchev–Trinajstić information content (AvgIpc) is 2.97. The SMILES string of the molecule is COC(=O)c1cc(S(=O)(=O)NC2CCNC2)cs1. The third-order valence-electron chi connectivity index (χ3n) is 2.65. The Morgan fingerprint density at radius 3 is 3.00 bits per heavy atom. The number of thiophene rings is 1. The molecule has 1 aliphatic heterocycles. The molecule has 8 heteroatoms. The lowest BCUT2D eigenvalue weighted by Crippen LogP contribution is -2.36. The van der Waals surface area contributed by atoms with Gasteiger partial charge in [0, 0.05) is 18.0 Å². The van der Waals surface area contributed by atoms with Crippen molar-refractivity contribution in [2.45, 2.75) is 17.4 Å². The first kappa shape index (κ1) is 13.5. The first-order valence-electron chi connectivity index (χ1n) is 5.43. The molecule has 0 aromatic carbocycles. The van der Waals surface area contributed by atoms with Crippen molar-refractivity contribution in [2.24, 2.45) is 0 Å². The number of carbonyl (C=O) groups is 1. The molecule has 0 aliphatic carbocycles. The van der Waals surface area contributed by atoms with Crippen LogP contribution in [0.2, 0.25) is 0 Å².